The first-order valence-corrected chi connectivity index (χ1v) is 0.408. The summed E-state index contributed by atoms with van der Waals surface area (Å²) in [4.78, 5) is 0. The zero-order valence-electron chi connectivity index (χ0n) is 2.56. The van der Waals surface area contributed by atoms with Crippen LogP contribution in [-0.4, -0.2) is 61.5 Å². The molecule has 2 nitrogen and oxygen atoms in total. The van der Waals surface area contributed by atoms with Gasteiger partial charge in [-0.3, -0.25) is 0 Å². The van der Waals surface area contributed by atoms with Crippen LogP contribution in [0.2, 0.25) is 0 Å². The van der Waals surface area contributed by atoms with Crippen molar-refractivity contribution in [2.75, 3.05) is 7.11 Å². The Labute approximate surface area is 65.6 Å². The van der Waals surface area contributed by atoms with E-state index < -0.39 is 0 Å². The summed E-state index contributed by atoms with van der Waals surface area (Å²) in [6.07, 6.45) is 0. The molecule has 3 heteroatoms. The second kappa shape index (κ2) is 24.6. The summed E-state index contributed by atoms with van der Waals surface area (Å²) in [6.45, 7) is 0. The Morgan fingerprint density at radius 3 is 1.25 bits per heavy atom. The third kappa shape index (κ3) is 9.74. The zero-order valence-corrected chi connectivity index (χ0v) is 7.00. The van der Waals surface area contributed by atoms with Gasteiger partial charge >= 0.3 is 48.9 Å². The van der Waals surface area contributed by atoms with E-state index in [2.05, 4.69) is 0 Å². The van der Waals surface area contributed by atoms with Crippen LogP contribution in [0.15, 0.2) is 0 Å². The third-order valence-electron chi connectivity index (χ3n) is 0. The Morgan fingerprint density at radius 2 is 1.25 bits per heavy atom. The topological polar surface area (TPSA) is 53.1 Å². The van der Waals surface area contributed by atoms with Gasteiger partial charge < -0.3 is 10.6 Å². The summed E-state index contributed by atoms with van der Waals surface area (Å²) in [5.41, 5.74) is 0. The van der Waals surface area contributed by atoms with Crippen LogP contribution in [0.25, 0.3) is 0 Å². The molecule has 0 saturated heterocycles. The van der Waals surface area contributed by atoms with Gasteiger partial charge in [-0.2, -0.15) is 7.11 Å². The maximum atomic E-state index is 8.25. The summed E-state index contributed by atoms with van der Waals surface area (Å²) in [5.74, 6) is 0. The van der Waals surface area contributed by atoms with Crippen molar-refractivity contribution in [3.8, 4) is 0 Å². The molecule has 0 atom stereocenters. The van der Waals surface area contributed by atoms with Gasteiger partial charge in [-0.1, -0.05) is 0 Å². The molecule has 22 valence electrons. The SMILES string of the molecule is C[O-].[Ba+2].[OH-]. The Morgan fingerprint density at radius 1 is 1.25 bits per heavy atom. The molecule has 0 aromatic heterocycles. The molecule has 4 heavy (non-hydrogen) atoms. The number of rotatable bonds is 0. The summed E-state index contributed by atoms with van der Waals surface area (Å²) in [7, 11) is 0.750. The van der Waals surface area contributed by atoms with Crippen molar-refractivity contribution >= 4 is 48.9 Å². The van der Waals surface area contributed by atoms with E-state index in [1.54, 1.807) is 0 Å². The van der Waals surface area contributed by atoms with E-state index >= 15 is 0 Å². The summed E-state index contributed by atoms with van der Waals surface area (Å²) in [5, 5.41) is 8.25. The van der Waals surface area contributed by atoms with Gasteiger partial charge in [0.25, 0.3) is 0 Å². The first-order valence-electron chi connectivity index (χ1n) is 0.408. The third-order valence-corrected chi connectivity index (χ3v) is 0. The van der Waals surface area contributed by atoms with Crippen molar-refractivity contribution in [3.63, 3.8) is 0 Å². The smallest absolute Gasteiger partial charge is 0.870 e. The van der Waals surface area contributed by atoms with Gasteiger partial charge in [-0.15, -0.1) is 0 Å². The molecular formula is CH4BaO2. The molecule has 1 N–H and O–H groups in total. The zero-order chi connectivity index (χ0) is 2.00. The first-order chi connectivity index (χ1) is 1.00. The fourth-order valence-electron chi connectivity index (χ4n) is 0. The molecule has 0 radical (unpaired) electrons. The largest absolute Gasteiger partial charge is 2.00 e. The van der Waals surface area contributed by atoms with Gasteiger partial charge in [0, 0.05) is 0 Å². The molecule has 0 aliphatic carbocycles. The Hall–Kier alpha value is 1.49. The van der Waals surface area contributed by atoms with Crippen LogP contribution in [0, 0.1) is 0 Å². The quantitative estimate of drug-likeness (QED) is 0.428. The van der Waals surface area contributed by atoms with E-state index in [1.165, 1.54) is 0 Å². The van der Waals surface area contributed by atoms with Crippen LogP contribution in [-0.2, 0) is 0 Å². The van der Waals surface area contributed by atoms with Crippen LogP contribution in [0.5, 0.6) is 0 Å². The predicted octanol–water partition coefficient (Wildman–Crippen LogP) is -1.58. The van der Waals surface area contributed by atoms with Gasteiger partial charge in [0.15, 0.2) is 0 Å². The van der Waals surface area contributed by atoms with E-state index in [-0.39, 0.29) is 54.4 Å². The van der Waals surface area contributed by atoms with Gasteiger partial charge in [0.05, 0.1) is 0 Å². The van der Waals surface area contributed by atoms with Crippen LogP contribution >= 0.6 is 0 Å². The van der Waals surface area contributed by atoms with Crippen molar-refractivity contribution in [2.45, 2.75) is 0 Å². The Balaban J connectivity index is -0.00000000500. The van der Waals surface area contributed by atoms with Crippen LogP contribution in [0.4, 0.5) is 0 Å². The average Bonchev–Trinajstić information content (AvgIpc) is 1.00. The molecule has 0 amide bonds. The molecular weight excluding hydrogens is 181 g/mol. The molecule has 0 bridgehead atoms. The van der Waals surface area contributed by atoms with Crippen molar-refractivity contribution in [1.29, 1.82) is 0 Å². The van der Waals surface area contributed by atoms with Crippen LogP contribution in [0.3, 0.4) is 0 Å². The van der Waals surface area contributed by atoms with E-state index in [9.17, 15) is 0 Å². The number of hydrogen-bond acceptors (Lipinski definition) is 2. The van der Waals surface area contributed by atoms with E-state index in [0.29, 0.717) is 0 Å². The van der Waals surface area contributed by atoms with Crippen molar-refractivity contribution in [3.05, 3.63) is 0 Å². The fraction of sp³-hybridized carbons (Fsp3) is 1.00. The second-order valence-corrected chi connectivity index (χ2v) is 0. The van der Waals surface area contributed by atoms with Crippen molar-refractivity contribution in [2.24, 2.45) is 0 Å². The van der Waals surface area contributed by atoms with Crippen molar-refractivity contribution < 1.29 is 10.6 Å². The summed E-state index contributed by atoms with van der Waals surface area (Å²) in [6, 6.07) is 0. The van der Waals surface area contributed by atoms with E-state index in [4.69, 9.17) is 5.11 Å². The maximum absolute atomic E-state index is 8.25. The molecule has 0 fully saturated rings. The van der Waals surface area contributed by atoms with Crippen LogP contribution < -0.4 is 5.11 Å². The van der Waals surface area contributed by atoms with E-state index in [1.807, 2.05) is 0 Å². The summed E-state index contributed by atoms with van der Waals surface area (Å²) < 4.78 is 0. The second-order valence-electron chi connectivity index (χ2n) is 0. The summed E-state index contributed by atoms with van der Waals surface area (Å²) >= 11 is 0. The van der Waals surface area contributed by atoms with Crippen molar-refractivity contribution in [1.82, 2.24) is 0 Å². The normalized spacial score (nSPS) is 1.50. The predicted molar refractivity (Wildman–Crippen MR) is 13.6 cm³/mol. The standard InChI is InChI=1S/CH3O.Ba.H2O/c1-2;;/h1H3;;1H2/q-1;+2;/p-1. The van der Waals surface area contributed by atoms with Gasteiger partial charge in [0.1, 0.15) is 0 Å². The van der Waals surface area contributed by atoms with E-state index in [0.717, 1.165) is 7.11 Å². The molecule has 0 rings (SSSR count). The molecule has 0 aliphatic heterocycles. The molecule has 0 aromatic rings. The molecule has 0 aromatic carbocycles. The minimum absolute atomic E-state index is 0. The number of hydrogen-bond donors (Lipinski definition) is 0. The molecule has 0 unspecified atom stereocenters. The minimum atomic E-state index is 0. The first kappa shape index (κ1) is 17.8. The maximum Gasteiger partial charge on any atom is 2.00 e. The van der Waals surface area contributed by atoms with Gasteiger partial charge in [-0.25, -0.2) is 0 Å². The minimum Gasteiger partial charge on any atom is -0.870 e. The Kier molecular flexibility index (Phi) is 110. The van der Waals surface area contributed by atoms with Crippen LogP contribution in [0.1, 0.15) is 0 Å². The molecule has 0 heterocycles. The molecule has 0 saturated carbocycles. The monoisotopic (exact) mass is 186 g/mol. The fourth-order valence-corrected chi connectivity index (χ4v) is 0. The van der Waals surface area contributed by atoms with Gasteiger partial charge in [0.2, 0.25) is 0 Å². The molecule has 0 spiro atoms. The van der Waals surface area contributed by atoms with Gasteiger partial charge in [-0.05, 0) is 0 Å². The molecule has 0 aliphatic rings. The average molecular weight is 185 g/mol. The Bertz CT molecular complexity index is 6.00.